The van der Waals surface area contributed by atoms with Crippen LogP contribution in [0.2, 0.25) is 0 Å². The lowest BCUT2D eigenvalue weighted by molar-refractivity contribution is -0.116. The van der Waals surface area contributed by atoms with Gasteiger partial charge < -0.3 is 19.8 Å². The summed E-state index contributed by atoms with van der Waals surface area (Å²) in [5, 5.41) is 2.78. The molecule has 0 atom stereocenters. The van der Waals surface area contributed by atoms with Crippen LogP contribution in [-0.4, -0.2) is 36.0 Å². The summed E-state index contributed by atoms with van der Waals surface area (Å²) in [6.07, 6.45) is 0.683. The molecular weight excluding hydrogens is 360 g/mol. The van der Waals surface area contributed by atoms with Gasteiger partial charge in [-0.25, -0.2) is 9.59 Å². The van der Waals surface area contributed by atoms with E-state index in [1.807, 2.05) is 13.8 Å². The number of hydrogen-bond acceptors (Lipinski definition) is 5. The zero-order chi connectivity index (χ0) is 20.7. The Morgan fingerprint density at radius 2 is 1.71 bits per heavy atom. The summed E-state index contributed by atoms with van der Waals surface area (Å²) in [7, 11) is 0. The van der Waals surface area contributed by atoms with Crippen LogP contribution in [0.3, 0.4) is 0 Å². The zero-order valence-electron chi connectivity index (χ0n) is 16.7. The number of H-pyrrole nitrogens is 1. The molecule has 2 rings (SSSR count). The number of esters is 2. The van der Waals surface area contributed by atoms with Crippen molar-refractivity contribution in [3.05, 3.63) is 52.3 Å². The van der Waals surface area contributed by atoms with Gasteiger partial charge in [0.1, 0.15) is 0 Å². The minimum atomic E-state index is -0.428. The fourth-order valence-electron chi connectivity index (χ4n) is 2.97. The number of aromatic nitrogens is 1. The van der Waals surface area contributed by atoms with Crippen LogP contribution >= 0.6 is 0 Å². The van der Waals surface area contributed by atoms with Gasteiger partial charge in [-0.15, -0.1) is 0 Å². The van der Waals surface area contributed by atoms with Gasteiger partial charge in [-0.05, 0) is 57.9 Å². The summed E-state index contributed by atoms with van der Waals surface area (Å²) in [5.41, 5.74) is 3.80. The van der Waals surface area contributed by atoms with Crippen molar-refractivity contribution in [1.29, 1.82) is 0 Å². The van der Waals surface area contributed by atoms with E-state index in [1.165, 1.54) is 0 Å². The minimum Gasteiger partial charge on any atom is -0.462 e. The fraction of sp³-hybridized carbons (Fsp3) is 0.381. The van der Waals surface area contributed by atoms with E-state index in [2.05, 4.69) is 10.3 Å². The van der Waals surface area contributed by atoms with Gasteiger partial charge in [-0.3, -0.25) is 4.79 Å². The van der Waals surface area contributed by atoms with E-state index in [1.54, 1.807) is 38.1 Å². The molecule has 0 saturated heterocycles. The van der Waals surface area contributed by atoms with Crippen molar-refractivity contribution < 1.29 is 23.9 Å². The van der Waals surface area contributed by atoms with Crippen LogP contribution in [0.5, 0.6) is 0 Å². The number of rotatable bonds is 8. The molecule has 7 heteroatoms. The third-order valence-corrected chi connectivity index (χ3v) is 4.28. The number of aryl methyl sites for hydroxylation is 2. The number of carbonyl (C=O) groups is 3. The number of carbonyl (C=O) groups excluding carboxylic acids is 3. The van der Waals surface area contributed by atoms with Crippen LogP contribution in [0.15, 0.2) is 24.3 Å². The number of nitrogens with one attached hydrogen (secondary N) is 2. The lowest BCUT2D eigenvalue weighted by Crippen LogP contribution is -2.13. The van der Waals surface area contributed by atoms with Gasteiger partial charge >= 0.3 is 11.9 Å². The molecule has 0 aliphatic carbocycles. The average Bonchev–Trinajstić information content (AvgIpc) is 2.94. The van der Waals surface area contributed by atoms with E-state index in [0.29, 0.717) is 29.8 Å². The second-order valence-corrected chi connectivity index (χ2v) is 6.30. The van der Waals surface area contributed by atoms with Gasteiger partial charge in [-0.1, -0.05) is 6.07 Å². The maximum Gasteiger partial charge on any atom is 0.340 e. The lowest BCUT2D eigenvalue weighted by atomic mass is 10.1. The van der Waals surface area contributed by atoms with Gasteiger partial charge in [0.05, 0.1) is 24.3 Å². The van der Waals surface area contributed by atoms with Crippen LogP contribution in [0.1, 0.15) is 57.9 Å². The highest BCUT2D eigenvalue weighted by molar-refractivity contribution is 5.95. The van der Waals surface area contributed by atoms with E-state index in [9.17, 15) is 14.4 Å². The summed E-state index contributed by atoms with van der Waals surface area (Å²) in [4.78, 5) is 39.3. The molecule has 0 fully saturated rings. The third kappa shape index (κ3) is 5.22. The van der Waals surface area contributed by atoms with Crippen molar-refractivity contribution in [2.75, 3.05) is 18.5 Å². The molecule has 2 N–H and O–H groups in total. The molecule has 0 unspecified atom stereocenters. The van der Waals surface area contributed by atoms with Gasteiger partial charge in [0.25, 0.3) is 0 Å². The van der Waals surface area contributed by atoms with Crippen LogP contribution in [-0.2, 0) is 20.7 Å². The van der Waals surface area contributed by atoms with E-state index in [4.69, 9.17) is 9.47 Å². The van der Waals surface area contributed by atoms with Gasteiger partial charge in [0.15, 0.2) is 0 Å². The Kier molecular flexibility index (Phi) is 7.37. The summed E-state index contributed by atoms with van der Waals surface area (Å²) in [6, 6.07) is 6.61. The second kappa shape index (κ2) is 9.73. The predicted octanol–water partition coefficient (Wildman–Crippen LogP) is 3.56. The van der Waals surface area contributed by atoms with Crippen molar-refractivity contribution in [3.63, 3.8) is 0 Å². The van der Waals surface area contributed by atoms with E-state index in [-0.39, 0.29) is 24.9 Å². The first-order chi connectivity index (χ1) is 13.4. The van der Waals surface area contributed by atoms with Crippen molar-refractivity contribution in [2.45, 2.75) is 40.5 Å². The first-order valence-electron chi connectivity index (χ1n) is 9.29. The Labute approximate surface area is 164 Å². The predicted molar refractivity (Wildman–Crippen MR) is 106 cm³/mol. The SMILES string of the molecule is CCOC(=O)c1cccc(NC(=O)CCc2[nH]c(C)c(C(=O)OCC)c2C)c1. The molecule has 0 bridgehead atoms. The molecule has 0 saturated carbocycles. The monoisotopic (exact) mass is 386 g/mol. The number of amides is 1. The summed E-state index contributed by atoms with van der Waals surface area (Å²) in [5.74, 6) is -0.979. The Morgan fingerprint density at radius 1 is 1.04 bits per heavy atom. The maximum absolute atomic E-state index is 12.3. The van der Waals surface area contributed by atoms with E-state index < -0.39 is 5.97 Å². The lowest BCUT2D eigenvalue weighted by Gasteiger charge is -2.07. The molecule has 1 aromatic carbocycles. The van der Waals surface area contributed by atoms with Crippen LogP contribution in [0.25, 0.3) is 0 Å². The highest BCUT2D eigenvalue weighted by atomic mass is 16.5. The highest BCUT2D eigenvalue weighted by Gasteiger charge is 2.19. The van der Waals surface area contributed by atoms with Crippen LogP contribution in [0, 0.1) is 13.8 Å². The Bertz CT molecular complexity index is 870. The molecule has 1 aromatic heterocycles. The maximum atomic E-state index is 12.3. The number of anilines is 1. The molecule has 0 radical (unpaired) electrons. The average molecular weight is 386 g/mol. The first kappa shape index (κ1) is 21.2. The normalized spacial score (nSPS) is 10.4. The Morgan fingerprint density at radius 3 is 2.39 bits per heavy atom. The molecule has 0 aliphatic heterocycles. The van der Waals surface area contributed by atoms with E-state index in [0.717, 1.165) is 17.0 Å². The number of hydrogen-bond donors (Lipinski definition) is 2. The first-order valence-corrected chi connectivity index (χ1v) is 9.29. The van der Waals surface area contributed by atoms with E-state index >= 15 is 0 Å². The highest BCUT2D eigenvalue weighted by Crippen LogP contribution is 2.20. The quantitative estimate of drug-likeness (QED) is 0.676. The van der Waals surface area contributed by atoms with Crippen molar-refractivity contribution in [1.82, 2.24) is 4.98 Å². The van der Waals surface area contributed by atoms with Crippen molar-refractivity contribution >= 4 is 23.5 Å². The van der Waals surface area contributed by atoms with Crippen LogP contribution in [0.4, 0.5) is 5.69 Å². The summed E-state index contributed by atoms with van der Waals surface area (Å²) < 4.78 is 10.0. The van der Waals surface area contributed by atoms with Gasteiger partial charge in [0.2, 0.25) is 5.91 Å². The number of ether oxygens (including phenoxy) is 2. The molecule has 7 nitrogen and oxygen atoms in total. The summed E-state index contributed by atoms with van der Waals surface area (Å²) in [6.45, 7) is 7.75. The smallest absolute Gasteiger partial charge is 0.340 e. The Hall–Kier alpha value is -3.09. The minimum absolute atomic E-state index is 0.189. The molecule has 2 aromatic rings. The third-order valence-electron chi connectivity index (χ3n) is 4.28. The van der Waals surface area contributed by atoms with Crippen molar-refractivity contribution in [2.24, 2.45) is 0 Å². The molecule has 0 aliphatic rings. The Balaban J connectivity index is 2.00. The molecule has 1 amide bonds. The standard InChI is InChI=1S/C21H26N2O5/c1-5-27-20(25)15-8-7-9-16(12-15)23-18(24)11-10-17-13(3)19(14(4)22-17)21(26)28-6-2/h7-9,12,22H,5-6,10-11H2,1-4H3,(H,23,24). The topological polar surface area (TPSA) is 97.5 Å². The summed E-state index contributed by atoms with van der Waals surface area (Å²) >= 11 is 0. The second-order valence-electron chi connectivity index (χ2n) is 6.30. The number of aromatic amines is 1. The van der Waals surface area contributed by atoms with Gasteiger partial charge in [-0.2, -0.15) is 0 Å². The zero-order valence-corrected chi connectivity index (χ0v) is 16.7. The molecule has 28 heavy (non-hydrogen) atoms. The largest absolute Gasteiger partial charge is 0.462 e. The van der Waals surface area contributed by atoms with Crippen molar-refractivity contribution in [3.8, 4) is 0 Å². The molecule has 0 spiro atoms. The fourth-order valence-corrected chi connectivity index (χ4v) is 2.97. The molecule has 1 heterocycles. The number of benzene rings is 1. The van der Waals surface area contributed by atoms with Gasteiger partial charge in [0, 0.05) is 23.5 Å². The molecule has 150 valence electrons. The molecular formula is C21H26N2O5. The van der Waals surface area contributed by atoms with Crippen LogP contribution < -0.4 is 5.32 Å².